The van der Waals surface area contributed by atoms with Gasteiger partial charge in [0.25, 0.3) is 0 Å². The van der Waals surface area contributed by atoms with Crippen molar-refractivity contribution < 1.29 is 9.59 Å². The van der Waals surface area contributed by atoms with Crippen molar-refractivity contribution in [3.63, 3.8) is 0 Å². The van der Waals surface area contributed by atoms with Gasteiger partial charge in [-0.1, -0.05) is 36.4 Å². The van der Waals surface area contributed by atoms with E-state index >= 15 is 0 Å². The van der Waals surface area contributed by atoms with E-state index in [2.05, 4.69) is 32.7 Å². The van der Waals surface area contributed by atoms with Crippen LogP contribution >= 0.6 is 0 Å². The molecule has 2 amide bonds. The van der Waals surface area contributed by atoms with E-state index in [1.54, 1.807) is 12.3 Å². The number of aryl methyl sites for hydroxylation is 1. The van der Waals surface area contributed by atoms with Crippen molar-refractivity contribution >= 4 is 23.2 Å². The Morgan fingerprint density at radius 3 is 2.68 bits per heavy atom. The van der Waals surface area contributed by atoms with Crippen molar-refractivity contribution in [3.05, 3.63) is 89.2 Å². The Morgan fingerprint density at radius 1 is 1.03 bits per heavy atom. The molecule has 0 saturated heterocycles. The summed E-state index contributed by atoms with van der Waals surface area (Å²) < 4.78 is 0. The number of hydrogen-bond acceptors (Lipinski definition) is 4. The maximum atomic E-state index is 12.6. The number of rotatable bonds is 5. The average Bonchev–Trinajstić information content (AvgIpc) is 3.21. The summed E-state index contributed by atoms with van der Waals surface area (Å²) in [7, 11) is 0. The van der Waals surface area contributed by atoms with E-state index in [1.807, 2.05) is 56.4 Å². The van der Waals surface area contributed by atoms with E-state index in [0.29, 0.717) is 12.2 Å². The van der Waals surface area contributed by atoms with E-state index < -0.39 is 11.8 Å². The highest BCUT2D eigenvalue weighted by Gasteiger charge is 2.28. The summed E-state index contributed by atoms with van der Waals surface area (Å²) in [6.07, 6.45) is 4.50. The van der Waals surface area contributed by atoms with Gasteiger partial charge in [0.15, 0.2) is 0 Å². The number of anilines is 2. The van der Waals surface area contributed by atoms with Gasteiger partial charge in [0.05, 0.1) is 6.04 Å². The number of benzene rings is 2. The molecular formula is C25H26N4O2. The Kier molecular flexibility index (Phi) is 5.98. The monoisotopic (exact) mass is 414 g/mol. The third-order valence-electron chi connectivity index (χ3n) is 5.88. The SMILES string of the molecule is Cc1cccc(NC(=O)C(=O)NC[C@H](c2cccnc2)N2CCc3ccccc32)c1C. The first-order chi connectivity index (χ1) is 15.0. The van der Waals surface area contributed by atoms with Crippen molar-refractivity contribution in [2.45, 2.75) is 26.3 Å². The van der Waals surface area contributed by atoms with Crippen LogP contribution in [0.5, 0.6) is 0 Å². The predicted molar refractivity (Wildman–Crippen MR) is 122 cm³/mol. The summed E-state index contributed by atoms with van der Waals surface area (Å²) in [6.45, 7) is 5.05. The largest absolute Gasteiger partial charge is 0.362 e. The standard InChI is InChI=1S/C25H26N4O2/c1-17-7-5-10-21(18(17)2)28-25(31)24(30)27-16-23(20-9-6-13-26-15-20)29-14-12-19-8-3-4-11-22(19)29/h3-11,13,15,23H,12,14,16H2,1-2H3,(H,27,30)(H,28,31)/t23-/m1/s1. The van der Waals surface area contributed by atoms with Crippen molar-refractivity contribution in [3.8, 4) is 0 Å². The Bertz CT molecular complexity index is 1100. The van der Waals surface area contributed by atoms with Crippen LogP contribution in [0.4, 0.5) is 11.4 Å². The zero-order valence-electron chi connectivity index (χ0n) is 17.8. The smallest absolute Gasteiger partial charge is 0.313 e. The first-order valence-corrected chi connectivity index (χ1v) is 10.4. The summed E-state index contributed by atoms with van der Waals surface area (Å²) >= 11 is 0. The fourth-order valence-corrected chi connectivity index (χ4v) is 4.00. The number of carbonyl (C=O) groups is 2. The van der Waals surface area contributed by atoms with Crippen LogP contribution in [0.2, 0.25) is 0 Å². The van der Waals surface area contributed by atoms with Crippen molar-refractivity contribution in [1.29, 1.82) is 0 Å². The van der Waals surface area contributed by atoms with Crippen LogP contribution in [0.15, 0.2) is 67.0 Å². The van der Waals surface area contributed by atoms with E-state index in [9.17, 15) is 9.59 Å². The number of hydrogen-bond donors (Lipinski definition) is 2. The lowest BCUT2D eigenvalue weighted by Gasteiger charge is -2.30. The van der Waals surface area contributed by atoms with E-state index in [-0.39, 0.29) is 6.04 Å². The molecule has 0 saturated carbocycles. The van der Waals surface area contributed by atoms with Gasteiger partial charge in [-0.2, -0.15) is 0 Å². The molecule has 31 heavy (non-hydrogen) atoms. The fraction of sp³-hybridized carbons (Fsp3) is 0.240. The predicted octanol–water partition coefficient (Wildman–Crippen LogP) is 3.56. The molecule has 1 aliphatic rings. The third-order valence-corrected chi connectivity index (χ3v) is 5.88. The maximum absolute atomic E-state index is 12.6. The van der Waals surface area contributed by atoms with Gasteiger partial charge in [-0.3, -0.25) is 14.6 Å². The second-order valence-electron chi connectivity index (χ2n) is 7.79. The molecule has 0 fully saturated rings. The molecule has 1 aliphatic heterocycles. The number of nitrogens with one attached hydrogen (secondary N) is 2. The molecule has 6 heteroatoms. The van der Waals surface area contributed by atoms with Crippen LogP contribution in [0.1, 0.15) is 28.3 Å². The highest BCUT2D eigenvalue weighted by atomic mass is 16.2. The van der Waals surface area contributed by atoms with Gasteiger partial charge >= 0.3 is 11.8 Å². The summed E-state index contributed by atoms with van der Waals surface area (Å²) in [6, 6.07) is 17.7. The quantitative estimate of drug-likeness (QED) is 0.626. The van der Waals surface area contributed by atoms with Crippen LogP contribution in [0.25, 0.3) is 0 Å². The third kappa shape index (κ3) is 4.43. The molecule has 1 aromatic heterocycles. The molecule has 1 atom stereocenters. The van der Waals surface area contributed by atoms with E-state index in [0.717, 1.165) is 35.3 Å². The topological polar surface area (TPSA) is 74.3 Å². The normalized spacial score (nSPS) is 13.4. The summed E-state index contributed by atoms with van der Waals surface area (Å²) in [5.41, 5.74) is 6.10. The van der Waals surface area contributed by atoms with Gasteiger partial charge in [0.2, 0.25) is 0 Å². The highest BCUT2D eigenvalue weighted by molar-refractivity contribution is 6.39. The van der Waals surface area contributed by atoms with Crippen LogP contribution in [0, 0.1) is 13.8 Å². The molecule has 0 aliphatic carbocycles. The van der Waals surface area contributed by atoms with Gasteiger partial charge < -0.3 is 15.5 Å². The molecule has 4 rings (SSSR count). The zero-order valence-corrected chi connectivity index (χ0v) is 17.8. The first-order valence-electron chi connectivity index (χ1n) is 10.4. The van der Waals surface area contributed by atoms with Gasteiger partial charge in [-0.15, -0.1) is 0 Å². The van der Waals surface area contributed by atoms with Crippen LogP contribution in [-0.4, -0.2) is 29.9 Å². The highest BCUT2D eigenvalue weighted by Crippen LogP contribution is 2.34. The molecule has 0 spiro atoms. The molecule has 158 valence electrons. The lowest BCUT2D eigenvalue weighted by molar-refractivity contribution is -0.136. The second-order valence-corrected chi connectivity index (χ2v) is 7.79. The summed E-state index contributed by atoms with van der Waals surface area (Å²) in [5.74, 6) is -1.32. The number of amides is 2. The van der Waals surface area contributed by atoms with Gasteiger partial charge in [0, 0.05) is 36.9 Å². The van der Waals surface area contributed by atoms with Gasteiger partial charge in [-0.25, -0.2) is 0 Å². The number of aromatic nitrogens is 1. The minimum atomic E-state index is -0.666. The zero-order chi connectivity index (χ0) is 21.8. The minimum Gasteiger partial charge on any atom is -0.362 e. The van der Waals surface area contributed by atoms with Gasteiger partial charge in [0.1, 0.15) is 0 Å². The van der Waals surface area contributed by atoms with Crippen molar-refractivity contribution in [2.75, 3.05) is 23.3 Å². The number of pyridine rings is 1. The molecule has 2 heterocycles. The van der Waals surface area contributed by atoms with Crippen LogP contribution in [0.3, 0.4) is 0 Å². The van der Waals surface area contributed by atoms with Gasteiger partial charge in [-0.05, 0) is 60.7 Å². The molecule has 2 aromatic carbocycles. The molecule has 6 nitrogen and oxygen atoms in total. The second kappa shape index (κ2) is 9.00. The number of nitrogens with zero attached hydrogens (tertiary/aromatic N) is 2. The van der Waals surface area contributed by atoms with Crippen molar-refractivity contribution in [1.82, 2.24) is 10.3 Å². The summed E-state index contributed by atoms with van der Waals surface area (Å²) in [4.78, 5) is 31.6. The summed E-state index contributed by atoms with van der Waals surface area (Å²) in [5, 5.41) is 5.55. The van der Waals surface area contributed by atoms with E-state index in [1.165, 1.54) is 5.56 Å². The minimum absolute atomic E-state index is 0.116. The Hall–Kier alpha value is -3.67. The molecule has 0 bridgehead atoms. The Morgan fingerprint density at radius 2 is 1.87 bits per heavy atom. The molecule has 3 aromatic rings. The lowest BCUT2D eigenvalue weighted by atomic mass is 10.1. The number of carbonyl (C=O) groups excluding carboxylic acids is 2. The fourth-order valence-electron chi connectivity index (χ4n) is 4.00. The number of para-hydroxylation sites is 1. The maximum Gasteiger partial charge on any atom is 0.313 e. The van der Waals surface area contributed by atoms with E-state index in [4.69, 9.17) is 0 Å². The molecule has 0 unspecified atom stereocenters. The Labute approximate surface area is 182 Å². The number of fused-ring (bicyclic) bond motifs is 1. The first kappa shape index (κ1) is 20.6. The Balaban J connectivity index is 1.48. The molecular weight excluding hydrogens is 388 g/mol. The van der Waals surface area contributed by atoms with Crippen molar-refractivity contribution in [2.24, 2.45) is 0 Å². The van der Waals surface area contributed by atoms with Crippen LogP contribution < -0.4 is 15.5 Å². The average molecular weight is 415 g/mol. The molecule has 2 N–H and O–H groups in total. The van der Waals surface area contributed by atoms with Crippen LogP contribution in [-0.2, 0) is 16.0 Å². The molecule has 0 radical (unpaired) electrons. The lowest BCUT2D eigenvalue weighted by Crippen LogP contribution is -2.42.